The molecule has 0 saturated carbocycles. The highest BCUT2D eigenvalue weighted by molar-refractivity contribution is 5.55. The maximum absolute atomic E-state index is 12.7. The molecule has 0 aliphatic rings. The van der Waals surface area contributed by atoms with Crippen molar-refractivity contribution in [2.45, 2.75) is 26.1 Å². The summed E-state index contributed by atoms with van der Waals surface area (Å²) in [4.78, 5) is 7.97. The normalized spacial score (nSPS) is 11.8. The van der Waals surface area contributed by atoms with Gasteiger partial charge in [0.1, 0.15) is 11.5 Å². The number of nitrogen functional groups attached to an aromatic ring is 1. The summed E-state index contributed by atoms with van der Waals surface area (Å²) in [6, 6.07) is 1.78. The van der Waals surface area contributed by atoms with E-state index in [0.29, 0.717) is 12.4 Å². The average molecular weight is 270 g/mol. The molecule has 0 atom stereocenters. The summed E-state index contributed by atoms with van der Waals surface area (Å²) >= 11 is 0. The molecular formula is C12H13F3N4. The van der Waals surface area contributed by atoms with Gasteiger partial charge in [0.25, 0.3) is 0 Å². The minimum Gasteiger partial charge on any atom is -0.384 e. The van der Waals surface area contributed by atoms with Crippen LogP contribution in [0.15, 0.2) is 24.5 Å². The number of halogens is 3. The number of alkyl halides is 3. The second-order valence-corrected chi connectivity index (χ2v) is 4.11. The fourth-order valence-corrected chi connectivity index (χ4v) is 1.79. The van der Waals surface area contributed by atoms with E-state index in [1.54, 1.807) is 10.8 Å². The zero-order valence-electron chi connectivity index (χ0n) is 10.3. The van der Waals surface area contributed by atoms with Gasteiger partial charge < -0.3 is 10.3 Å². The molecule has 0 aliphatic heterocycles. The summed E-state index contributed by atoms with van der Waals surface area (Å²) in [5, 5.41) is 0. The van der Waals surface area contributed by atoms with Gasteiger partial charge in [-0.15, -0.1) is 0 Å². The van der Waals surface area contributed by atoms with Gasteiger partial charge in [-0.05, 0) is 18.6 Å². The molecule has 0 fully saturated rings. The van der Waals surface area contributed by atoms with Crippen LogP contribution in [0.3, 0.4) is 0 Å². The Morgan fingerprint density at radius 3 is 2.68 bits per heavy atom. The molecule has 0 radical (unpaired) electrons. The van der Waals surface area contributed by atoms with Gasteiger partial charge in [0.15, 0.2) is 5.82 Å². The highest BCUT2D eigenvalue weighted by Gasteiger charge is 2.31. The topological polar surface area (TPSA) is 56.7 Å². The lowest BCUT2D eigenvalue weighted by Crippen LogP contribution is -2.09. The Morgan fingerprint density at radius 1 is 1.32 bits per heavy atom. The number of pyridine rings is 1. The molecule has 0 saturated heterocycles. The SMILES string of the molecule is CCCn1ccnc1-c1cc(C(F)(F)F)cc(N)n1. The minimum absolute atomic E-state index is 0.130. The third-order valence-corrected chi connectivity index (χ3v) is 2.58. The third kappa shape index (κ3) is 2.86. The molecule has 2 rings (SSSR count). The van der Waals surface area contributed by atoms with E-state index in [9.17, 15) is 13.2 Å². The summed E-state index contributed by atoms with van der Waals surface area (Å²) < 4.78 is 39.9. The Labute approximate surface area is 108 Å². The van der Waals surface area contributed by atoms with E-state index in [1.165, 1.54) is 6.20 Å². The maximum Gasteiger partial charge on any atom is 0.416 e. The molecule has 0 spiro atoms. The number of aryl methyl sites for hydroxylation is 1. The number of hydrogen-bond acceptors (Lipinski definition) is 3. The van der Waals surface area contributed by atoms with Crippen molar-refractivity contribution in [1.29, 1.82) is 0 Å². The molecule has 0 aliphatic carbocycles. The minimum atomic E-state index is -4.45. The molecule has 2 aromatic rings. The largest absolute Gasteiger partial charge is 0.416 e. The molecule has 7 heteroatoms. The first-order valence-electron chi connectivity index (χ1n) is 5.78. The van der Waals surface area contributed by atoms with Crippen molar-refractivity contribution in [3.63, 3.8) is 0 Å². The molecule has 0 amide bonds. The third-order valence-electron chi connectivity index (χ3n) is 2.58. The van der Waals surface area contributed by atoms with Gasteiger partial charge in [-0.3, -0.25) is 0 Å². The van der Waals surface area contributed by atoms with Crippen LogP contribution in [0.1, 0.15) is 18.9 Å². The standard InChI is InChI=1S/C12H13F3N4/c1-2-4-19-5-3-17-11(19)9-6-8(12(13,14)15)7-10(16)18-9/h3,5-7H,2,4H2,1H3,(H2,16,18). The van der Waals surface area contributed by atoms with E-state index >= 15 is 0 Å². The van der Waals surface area contributed by atoms with Crippen molar-refractivity contribution in [3.8, 4) is 11.5 Å². The van der Waals surface area contributed by atoms with Crippen LogP contribution in [0.5, 0.6) is 0 Å². The number of hydrogen-bond donors (Lipinski definition) is 1. The van der Waals surface area contributed by atoms with Crippen LogP contribution in [-0.2, 0) is 12.7 Å². The Hall–Kier alpha value is -2.05. The summed E-state index contributed by atoms with van der Waals surface area (Å²) in [6.07, 6.45) is -0.369. The molecular weight excluding hydrogens is 257 g/mol. The molecule has 0 aromatic carbocycles. The van der Waals surface area contributed by atoms with Crippen molar-refractivity contribution >= 4 is 5.82 Å². The molecule has 19 heavy (non-hydrogen) atoms. The van der Waals surface area contributed by atoms with E-state index in [1.807, 2.05) is 6.92 Å². The van der Waals surface area contributed by atoms with Crippen LogP contribution in [0.25, 0.3) is 11.5 Å². The van der Waals surface area contributed by atoms with E-state index in [-0.39, 0.29) is 11.5 Å². The first-order valence-corrected chi connectivity index (χ1v) is 5.78. The van der Waals surface area contributed by atoms with Crippen LogP contribution in [-0.4, -0.2) is 14.5 Å². The smallest absolute Gasteiger partial charge is 0.384 e. The van der Waals surface area contributed by atoms with Crippen molar-refractivity contribution in [2.24, 2.45) is 0 Å². The Kier molecular flexibility index (Phi) is 3.46. The predicted octanol–water partition coefficient (Wildman–Crippen LogP) is 2.96. The number of rotatable bonds is 3. The van der Waals surface area contributed by atoms with Gasteiger partial charge in [0.05, 0.1) is 5.56 Å². The Morgan fingerprint density at radius 2 is 2.05 bits per heavy atom. The van der Waals surface area contributed by atoms with Crippen LogP contribution >= 0.6 is 0 Å². The molecule has 4 nitrogen and oxygen atoms in total. The zero-order valence-corrected chi connectivity index (χ0v) is 10.3. The maximum atomic E-state index is 12.7. The molecule has 0 bridgehead atoms. The lowest BCUT2D eigenvalue weighted by atomic mass is 10.2. The van der Waals surface area contributed by atoms with Crippen molar-refractivity contribution in [2.75, 3.05) is 5.73 Å². The molecule has 2 aromatic heterocycles. The fraction of sp³-hybridized carbons (Fsp3) is 0.333. The number of anilines is 1. The van der Waals surface area contributed by atoms with Gasteiger partial charge in [-0.2, -0.15) is 13.2 Å². The van der Waals surface area contributed by atoms with Crippen LogP contribution in [0.4, 0.5) is 19.0 Å². The van der Waals surface area contributed by atoms with Gasteiger partial charge in [0, 0.05) is 18.9 Å². The van der Waals surface area contributed by atoms with E-state index in [2.05, 4.69) is 9.97 Å². The number of imidazole rings is 1. The Balaban J connectivity index is 2.50. The zero-order chi connectivity index (χ0) is 14.0. The fourth-order valence-electron chi connectivity index (χ4n) is 1.79. The lowest BCUT2D eigenvalue weighted by Gasteiger charge is -2.10. The highest BCUT2D eigenvalue weighted by Crippen LogP contribution is 2.32. The van der Waals surface area contributed by atoms with E-state index in [4.69, 9.17) is 5.73 Å². The Bertz CT molecular complexity index is 575. The molecule has 0 unspecified atom stereocenters. The molecule has 102 valence electrons. The van der Waals surface area contributed by atoms with E-state index < -0.39 is 11.7 Å². The van der Waals surface area contributed by atoms with Gasteiger partial charge in [-0.1, -0.05) is 6.92 Å². The predicted molar refractivity (Wildman–Crippen MR) is 65.2 cm³/mol. The monoisotopic (exact) mass is 270 g/mol. The first-order chi connectivity index (χ1) is 8.91. The second-order valence-electron chi connectivity index (χ2n) is 4.11. The molecule has 2 N–H and O–H groups in total. The van der Waals surface area contributed by atoms with Crippen molar-refractivity contribution in [3.05, 3.63) is 30.1 Å². The van der Waals surface area contributed by atoms with Gasteiger partial charge in [-0.25, -0.2) is 9.97 Å². The summed E-state index contributed by atoms with van der Waals surface area (Å²) in [6.45, 7) is 2.63. The quantitative estimate of drug-likeness (QED) is 0.932. The number of aromatic nitrogens is 3. The number of nitrogens with two attached hydrogens (primary N) is 1. The summed E-state index contributed by atoms with van der Waals surface area (Å²) in [5.74, 6) is 0.218. The average Bonchev–Trinajstić information content (AvgIpc) is 2.76. The first kappa shape index (κ1) is 13.4. The second kappa shape index (κ2) is 4.91. The lowest BCUT2D eigenvalue weighted by molar-refractivity contribution is -0.137. The van der Waals surface area contributed by atoms with Crippen LogP contribution in [0, 0.1) is 0 Å². The van der Waals surface area contributed by atoms with Crippen LogP contribution < -0.4 is 5.73 Å². The van der Waals surface area contributed by atoms with E-state index in [0.717, 1.165) is 18.6 Å². The highest BCUT2D eigenvalue weighted by atomic mass is 19.4. The summed E-state index contributed by atoms with van der Waals surface area (Å²) in [5.41, 5.74) is 4.75. The molecule has 2 heterocycles. The van der Waals surface area contributed by atoms with Gasteiger partial charge >= 0.3 is 6.18 Å². The number of nitrogens with zero attached hydrogens (tertiary/aromatic N) is 3. The van der Waals surface area contributed by atoms with Crippen LogP contribution in [0.2, 0.25) is 0 Å². The van der Waals surface area contributed by atoms with Crippen molar-refractivity contribution < 1.29 is 13.2 Å². The van der Waals surface area contributed by atoms with Gasteiger partial charge in [0.2, 0.25) is 0 Å². The van der Waals surface area contributed by atoms with Crippen molar-refractivity contribution in [1.82, 2.24) is 14.5 Å². The summed E-state index contributed by atoms with van der Waals surface area (Å²) in [7, 11) is 0.